The van der Waals surface area contributed by atoms with Gasteiger partial charge in [-0.3, -0.25) is 4.79 Å². The van der Waals surface area contributed by atoms with E-state index in [4.69, 9.17) is 11.6 Å². The zero-order valence-electron chi connectivity index (χ0n) is 16.0. The first-order valence-corrected chi connectivity index (χ1v) is 10.8. The van der Waals surface area contributed by atoms with Gasteiger partial charge in [0, 0.05) is 35.5 Å². The number of anilines is 2. The number of aryl methyl sites for hydroxylation is 1. The Hall–Kier alpha value is -3.50. The maximum Gasteiger partial charge on any atom is 0.272 e. The van der Waals surface area contributed by atoms with E-state index in [-0.39, 0.29) is 27.1 Å². The Morgan fingerprint density at radius 1 is 1.10 bits per heavy atom. The molecule has 4 rings (SSSR count). The highest BCUT2D eigenvalue weighted by molar-refractivity contribution is 7.92. The average molecular weight is 460 g/mol. The quantitative estimate of drug-likeness (QED) is 0.472. The first-order valence-electron chi connectivity index (χ1n) is 8.90. The van der Waals surface area contributed by atoms with E-state index in [1.807, 2.05) is 0 Å². The third kappa shape index (κ3) is 4.21. The summed E-state index contributed by atoms with van der Waals surface area (Å²) in [6.07, 6.45) is 2.83. The average Bonchev–Trinajstić information content (AvgIpc) is 3.05. The summed E-state index contributed by atoms with van der Waals surface area (Å²) in [4.78, 5) is 20.3. The zero-order valence-corrected chi connectivity index (χ0v) is 17.6. The Labute approximate surface area is 181 Å². The minimum atomic E-state index is -3.89. The molecule has 2 heterocycles. The molecular formula is C20H15ClFN5O3S. The lowest BCUT2D eigenvalue weighted by Gasteiger charge is -2.09. The van der Waals surface area contributed by atoms with E-state index in [0.29, 0.717) is 11.1 Å². The lowest BCUT2D eigenvalue weighted by molar-refractivity contribution is 0.101. The number of amides is 1. The number of sulfonamides is 1. The maximum atomic E-state index is 14.2. The van der Waals surface area contributed by atoms with Crippen molar-refractivity contribution in [3.8, 4) is 0 Å². The van der Waals surface area contributed by atoms with Gasteiger partial charge in [-0.2, -0.15) is 0 Å². The minimum Gasteiger partial charge on any atom is -0.337 e. The van der Waals surface area contributed by atoms with Crippen LogP contribution >= 0.6 is 11.6 Å². The smallest absolute Gasteiger partial charge is 0.272 e. The van der Waals surface area contributed by atoms with Crippen LogP contribution in [0, 0.1) is 5.82 Å². The summed E-state index contributed by atoms with van der Waals surface area (Å²) in [5, 5.41) is 3.39. The van der Waals surface area contributed by atoms with Crippen LogP contribution in [0.1, 0.15) is 10.5 Å². The van der Waals surface area contributed by atoms with Gasteiger partial charge in [-0.05, 0) is 48.5 Å². The third-order valence-electron chi connectivity index (χ3n) is 4.49. The molecule has 11 heteroatoms. The number of rotatable bonds is 5. The molecule has 1 amide bonds. The van der Waals surface area contributed by atoms with Crippen LogP contribution in [-0.4, -0.2) is 28.9 Å². The zero-order chi connectivity index (χ0) is 22.2. The molecule has 0 saturated carbocycles. The van der Waals surface area contributed by atoms with E-state index >= 15 is 0 Å². The number of benzene rings is 2. The van der Waals surface area contributed by atoms with Crippen LogP contribution < -0.4 is 10.0 Å². The molecule has 0 bridgehead atoms. The van der Waals surface area contributed by atoms with Gasteiger partial charge >= 0.3 is 0 Å². The highest BCUT2D eigenvalue weighted by Crippen LogP contribution is 2.26. The first kappa shape index (κ1) is 20.8. The van der Waals surface area contributed by atoms with Gasteiger partial charge in [0.05, 0.1) is 10.4 Å². The van der Waals surface area contributed by atoms with Gasteiger partial charge < -0.3 is 9.88 Å². The molecule has 0 radical (unpaired) electrons. The molecule has 4 aromatic rings. The number of hydrogen-bond donors (Lipinski definition) is 2. The van der Waals surface area contributed by atoms with Crippen LogP contribution in [0.4, 0.5) is 16.0 Å². The normalized spacial score (nSPS) is 11.5. The van der Waals surface area contributed by atoms with Crippen molar-refractivity contribution in [3.63, 3.8) is 0 Å². The first-order chi connectivity index (χ1) is 14.7. The Morgan fingerprint density at radius 3 is 2.45 bits per heavy atom. The van der Waals surface area contributed by atoms with Crippen LogP contribution in [0.25, 0.3) is 10.9 Å². The van der Waals surface area contributed by atoms with Crippen molar-refractivity contribution in [3.05, 3.63) is 77.5 Å². The Bertz CT molecular complexity index is 1390. The molecule has 31 heavy (non-hydrogen) atoms. The number of hydrogen-bond acceptors (Lipinski definition) is 5. The molecule has 2 N–H and O–H groups in total. The largest absolute Gasteiger partial charge is 0.337 e. The molecule has 0 atom stereocenters. The Balaban J connectivity index is 1.54. The van der Waals surface area contributed by atoms with Crippen molar-refractivity contribution in [2.45, 2.75) is 4.90 Å². The van der Waals surface area contributed by atoms with Crippen molar-refractivity contribution in [2.24, 2.45) is 7.05 Å². The second kappa shape index (κ2) is 7.97. The Kier molecular flexibility index (Phi) is 5.34. The molecule has 8 nitrogen and oxygen atoms in total. The van der Waals surface area contributed by atoms with E-state index in [9.17, 15) is 17.6 Å². The molecule has 0 aliphatic rings. The van der Waals surface area contributed by atoms with Crippen LogP contribution in [-0.2, 0) is 17.1 Å². The van der Waals surface area contributed by atoms with Crippen LogP contribution in [0.5, 0.6) is 0 Å². The summed E-state index contributed by atoms with van der Waals surface area (Å²) < 4.78 is 42.8. The SMILES string of the molecule is Cn1c(C(=O)Nc2ccc(S(=O)(=O)Nc3ncccn3)cc2)cc2cc(Cl)cc(F)c21. The highest BCUT2D eigenvalue weighted by Gasteiger charge is 2.18. The minimum absolute atomic E-state index is 0.0285. The van der Waals surface area contributed by atoms with Gasteiger partial charge in [0.25, 0.3) is 15.9 Å². The maximum absolute atomic E-state index is 14.2. The van der Waals surface area contributed by atoms with Crippen LogP contribution in [0.15, 0.2) is 65.8 Å². The summed E-state index contributed by atoms with van der Waals surface area (Å²) in [5.41, 5.74) is 0.838. The van der Waals surface area contributed by atoms with Crippen molar-refractivity contribution in [1.82, 2.24) is 14.5 Å². The monoisotopic (exact) mass is 459 g/mol. The Morgan fingerprint density at radius 2 is 1.77 bits per heavy atom. The van der Waals surface area contributed by atoms with Gasteiger partial charge in [0.1, 0.15) is 11.5 Å². The van der Waals surface area contributed by atoms with E-state index in [1.54, 1.807) is 19.2 Å². The molecule has 0 unspecified atom stereocenters. The summed E-state index contributed by atoms with van der Waals surface area (Å²) >= 11 is 5.89. The molecule has 158 valence electrons. The fourth-order valence-corrected chi connectivity index (χ4v) is 4.25. The van der Waals surface area contributed by atoms with Crippen molar-refractivity contribution >= 4 is 50.1 Å². The van der Waals surface area contributed by atoms with Gasteiger partial charge in [0.15, 0.2) is 0 Å². The fraction of sp³-hybridized carbons (Fsp3) is 0.0500. The predicted molar refractivity (Wildman–Crippen MR) is 115 cm³/mol. The second-order valence-corrected chi connectivity index (χ2v) is 8.69. The number of carbonyl (C=O) groups excluding carboxylic acids is 1. The van der Waals surface area contributed by atoms with E-state index in [1.165, 1.54) is 53.4 Å². The number of nitrogens with one attached hydrogen (secondary N) is 2. The predicted octanol–water partition coefficient (Wildman–Crippen LogP) is 3.81. The number of carbonyl (C=O) groups is 1. The molecule has 0 aliphatic carbocycles. The van der Waals surface area contributed by atoms with Crippen molar-refractivity contribution in [2.75, 3.05) is 10.0 Å². The van der Waals surface area contributed by atoms with Gasteiger partial charge in [-0.15, -0.1) is 0 Å². The molecule has 0 aliphatic heterocycles. The number of halogens is 2. The molecule has 0 saturated heterocycles. The lowest BCUT2D eigenvalue weighted by Crippen LogP contribution is -2.16. The lowest BCUT2D eigenvalue weighted by atomic mass is 10.2. The van der Waals surface area contributed by atoms with Crippen LogP contribution in [0.2, 0.25) is 5.02 Å². The van der Waals surface area contributed by atoms with Gasteiger partial charge in [-0.1, -0.05) is 11.6 Å². The highest BCUT2D eigenvalue weighted by atomic mass is 35.5. The van der Waals surface area contributed by atoms with E-state index in [2.05, 4.69) is 20.0 Å². The van der Waals surface area contributed by atoms with Gasteiger partial charge in [-0.25, -0.2) is 27.5 Å². The van der Waals surface area contributed by atoms with E-state index in [0.717, 1.165) is 0 Å². The number of fused-ring (bicyclic) bond motifs is 1. The molecule has 2 aromatic carbocycles. The molecular weight excluding hydrogens is 445 g/mol. The second-order valence-electron chi connectivity index (χ2n) is 6.57. The van der Waals surface area contributed by atoms with Crippen LogP contribution in [0.3, 0.4) is 0 Å². The fourth-order valence-electron chi connectivity index (χ4n) is 3.08. The number of nitrogens with zero attached hydrogens (tertiary/aromatic N) is 3. The van der Waals surface area contributed by atoms with Gasteiger partial charge in [0.2, 0.25) is 5.95 Å². The van der Waals surface area contributed by atoms with Crippen molar-refractivity contribution in [1.29, 1.82) is 0 Å². The van der Waals surface area contributed by atoms with Crippen molar-refractivity contribution < 1.29 is 17.6 Å². The number of aromatic nitrogens is 3. The standard InChI is InChI=1S/C20H15ClFN5O3S/c1-27-17(10-12-9-13(21)11-16(22)18(12)27)19(28)25-14-3-5-15(6-4-14)31(29,30)26-20-23-7-2-8-24-20/h2-11H,1H3,(H,25,28)(H,23,24,26). The molecule has 2 aromatic heterocycles. The van der Waals surface area contributed by atoms with E-state index < -0.39 is 21.7 Å². The third-order valence-corrected chi connectivity index (χ3v) is 6.06. The summed E-state index contributed by atoms with van der Waals surface area (Å²) in [6.45, 7) is 0. The topological polar surface area (TPSA) is 106 Å². The molecule has 0 fully saturated rings. The summed E-state index contributed by atoms with van der Waals surface area (Å²) in [6, 6.07) is 11.4. The summed E-state index contributed by atoms with van der Waals surface area (Å²) in [7, 11) is -2.32. The molecule has 0 spiro atoms. The summed E-state index contributed by atoms with van der Waals surface area (Å²) in [5.74, 6) is -1.07.